The fourth-order valence-electron chi connectivity index (χ4n) is 2.13. The number of ether oxygens (including phenoxy) is 1. The molecule has 2 N–H and O–H groups in total. The van der Waals surface area contributed by atoms with E-state index in [-0.39, 0.29) is 0 Å². The Bertz CT molecular complexity index is 463. The lowest BCUT2D eigenvalue weighted by Gasteiger charge is -2.23. The van der Waals surface area contributed by atoms with Crippen LogP contribution < -0.4 is 0 Å². The lowest BCUT2D eigenvalue weighted by Crippen LogP contribution is -2.44. The van der Waals surface area contributed by atoms with E-state index < -0.39 is 44.3 Å². The molecule has 0 amide bonds. The molecule has 0 radical (unpaired) electrons. The zero-order valence-electron chi connectivity index (χ0n) is 9.25. The van der Waals surface area contributed by atoms with Gasteiger partial charge in [-0.1, -0.05) is 5.73 Å². The second-order valence-electron chi connectivity index (χ2n) is 3.99. The van der Waals surface area contributed by atoms with Crippen molar-refractivity contribution in [3.63, 3.8) is 0 Å². The predicted molar refractivity (Wildman–Crippen MR) is 56.6 cm³/mol. The maximum Gasteiger partial charge on any atom is 0.473 e. The van der Waals surface area contributed by atoms with E-state index in [0.29, 0.717) is 0 Å². The average Bonchev–Trinajstić information content (AvgIpc) is 2.67. The van der Waals surface area contributed by atoms with Gasteiger partial charge in [-0.05, 0) is 0 Å². The average molecular weight is 282 g/mol. The van der Waals surface area contributed by atoms with E-state index in [4.69, 9.17) is 18.9 Å². The molecule has 2 heterocycles. The largest absolute Gasteiger partial charge is 0.473 e. The number of hydrogen-bond donors (Lipinski definition) is 2. The molecule has 0 aliphatic carbocycles. The van der Waals surface area contributed by atoms with Crippen molar-refractivity contribution in [1.82, 2.24) is 0 Å². The first-order valence-electron chi connectivity index (χ1n) is 5.08. The summed E-state index contributed by atoms with van der Waals surface area (Å²) >= 11 is 0. The Morgan fingerprint density at radius 1 is 1.61 bits per heavy atom. The third-order valence-electron chi connectivity index (χ3n) is 2.90. The van der Waals surface area contributed by atoms with Crippen LogP contribution in [0, 0.1) is 0 Å². The van der Waals surface area contributed by atoms with E-state index in [2.05, 4.69) is 0 Å². The van der Waals surface area contributed by atoms with Gasteiger partial charge < -0.3 is 14.7 Å². The molecule has 5 atom stereocenters. The van der Waals surface area contributed by atoms with Gasteiger partial charge in [-0.25, -0.2) is 4.57 Å². The minimum absolute atomic E-state index is 0.490. The first kappa shape index (κ1) is 13.9. The SMILES string of the molecule is B[C@@H]1O[C@H](CO)[C@@H]2OP(=O)(O)OC12C=C=C(F)F. The van der Waals surface area contributed by atoms with Gasteiger partial charge in [-0.2, -0.15) is 8.78 Å². The van der Waals surface area contributed by atoms with E-state index in [1.54, 1.807) is 5.73 Å². The van der Waals surface area contributed by atoms with Crippen molar-refractivity contribution < 1.29 is 37.1 Å². The molecule has 2 aliphatic rings. The van der Waals surface area contributed by atoms with Crippen molar-refractivity contribution in [1.29, 1.82) is 0 Å². The van der Waals surface area contributed by atoms with Crippen molar-refractivity contribution >= 4 is 15.7 Å². The van der Waals surface area contributed by atoms with Gasteiger partial charge in [-0.15, -0.1) is 0 Å². The van der Waals surface area contributed by atoms with Crippen LogP contribution in [0.5, 0.6) is 0 Å². The molecule has 0 bridgehead atoms. The fourth-order valence-corrected chi connectivity index (χ4v) is 3.47. The van der Waals surface area contributed by atoms with Crippen LogP contribution in [0.2, 0.25) is 0 Å². The molecule has 0 saturated carbocycles. The monoisotopic (exact) mass is 282 g/mol. The van der Waals surface area contributed by atoms with Gasteiger partial charge in [0.15, 0.2) is 5.60 Å². The van der Waals surface area contributed by atoms with Crippen molar-refractivity contribution in [2.75, 3.05) is 6.61 Å². The molecule has 2 rings (SSSR count). The van der Waals surface area contributed by atoms with Gasteiger partial charge in [0.1, 0.15) is 20.1 Å². The second kappa shape index (κ2) is 4.54. The Labute approximate surface area is 102 Å². The number of fused-ring (bicyclic) bond motifs is 1. The maximum absolute atomic E-state index is 12.1. The summed E-state index contributed by atoms with van der Waals surface area (Å²) in [6, 6.07) is -0.838. The molecule has 2 saturated heterocycles. The topological polar surface area (TPSA) is 85.2 Å². The highest BCUT2D eigenvalue weighted by Gasteiger charge is 2.65. The highest BCUT2D eigenvalue weighted by Crippen LogP contribution is 2.61. The second-order valence-corrected chi connectivity index (χ2v) is 5.32. The predicted octanol–water partition coefficient (Wildman–Crippen LogP) is -0.473. The summed E-state index contributed by atoms with van der Waals surface area (Å²) in [6.07, 6.45) is -3.36. The molecule has 0 aromatic heterocycles. The molecule has 0 spiro atoms. The Balaban J connectivity index is 2.46. The third kappa shape index (κ3) is 2.19. The number of aliphatic hydroxyl groups is 1. The number of rotatable bonds is 2. The summed E-state index contributed by atoms with van der Waals surface area (Å²) in [7, 11) is -2.89. The molecule has 100 valence electrons. The van der Waals surface area contributed by atoms with Crippen LogP contribution in [0.15, 0.2) is 17.9 Å². The smallest absolute Gasteiger partial charge is 0.394 e. The quantitative estimate of drug-likeness (QED) is 0.404. The van der Waals surface area contributed by atoms with Gasteiger partial charge >= 0.3 is 13.9 Å². The van der Waals surface area contributed by atoms with Gasteiger partial charge in [0.2, 0.25) is 0 Å². The molecule has 6 nitrogen and oxygen atoms in total. The lowest BCUT2D eigenvalue weighted by molar-refractivity contribution is -0.00512. The number of phosphoric acid groups is 1. The van der Waals surface area contributed by atoms with Gasteiger partial charge in [0.25, 0.3) is 0 Å². The van der Waals surface area contributed by atoms with Gasteiger partial charge in [0.05, 0.1) is 12.6 Å². The first-order chi connectivity index (χ1) is 8.31. The minimum Gasteiger partial charge on any atom is -0.394 e. The number of phosphoric ester groups is 1. The Morgan fingerprint density at radius 3 is 2.83 bits per heavy atom. The molecule has 18 heavy (non-hydrogen) atoms. The lowest BCUT2D eigenvalue weighted by atomic mass is 9.80. The zero-order valence-corrected chi connectivity index (χ0v) is 10.1. The number of aliphatic hydroxyl groups excluding tert-OH is 1. The number of hydrogen-bond acceptors (Lipinski definition) is 5. The van der Waals surface area contributed by atoms with Crippen LogP contribution in [0.3, 0.4) is 0 Å². The summed E-state index contributed by atoms with van der Waals surface area (Å²) in [5.74, 6) is 0. The summed E-state index contributed by atoms with van der Waals surface area (Å²) in [5.41, 5.74) is -0.0298. The Hall–Kier alpha value is -0.525. The molecular formula is C8H10BF2O6P. The summed E-state index contributed by atoms with van der Waals surface area (Å²) < 4.78 is 50.5. The van der Waals surface area contributed by atoms with Crippen LogP contribution >= 0.6 is 7.82 Å². The van der Waals surface area contributed by atoms with Crippen LogP contribution in [-0.4, -0.2) is 48.3 Å². The van der Waals surface area contributed by atoms with E-state index in [1.807, 2.05) is 0 Å². The van der Waals surface area contributed by atoms with Crippen molar-refractivity contribution in [2.24, 2.45) is 0 Å². The normalized spacial score (nSPS) is 46.6. The molecule has 2 unspecified atom stereocenters. The number of halogens is 2. The molecule has 2 fully saturated rings. The molecule has 2 aliphatic heterocycles. The van der Waals surface area contributed by atoms with Crippen molar-refractivity contribution in [2.45, 2.75) is 23.8 Å². The van der Waals surface area contributed by atoms with Crippen LogP contribution in [0.1, 0.15) is 0 Å². The first-order valence-corrected chi connectivity index (χ1v) is 6.57. The van der Waals surface area contributed by atoms with Crippen molar-refractivity contribution in [3.8, 4) is 0 Å². The van der Waals surface area contributed by atoms with Crippen LogP contribution in [0.4, 0.5) is 8.78 Å². The highest BCUT2D eigenvalue weighted by molar-refractivity contribution is 7.47. The van der Waals surface area contributed by atoms with Gasteiger partial charge in [0, 0.05) is 6.08 Å². The fraction of sp³-hybridized carbons (Fsp3) is 0.625. The van der Waals surface area contributed by atoms with Gasteiger partial charge in [-0.3, -0.25) is 9.05 Å². The van der Waals surface area contributed by atoms with E-state index >= 15 is 0 Å². The molecular weight excluding hydrogens is 272 g/mol. The van der Waals surface area contributed by atoms with E-state index in [1.165, 1.54) is 7.85 Å². The van der Waals surface area contributed by atoms with Crippen LogP contribution in [-0.2, 0) is 18.3 Å². The van der Waals surface area contributed by atoms with E-state index in [9.17, 15) is 18.2 Å². The molecule has 0 aromatic rings. The summed E-state index contributed by atoms with van der Waals surface area (Å²) in [6.45, 7) is -0.490. The summed E-state index contributed by atoms with van der Waals surface area (Å²) in [5, 5.41) is 9.07. The standard InChI is InChI=1S/C8H10BF2O6P/c9-7-8(2-1-5(10)11)6(4(3-12)15-7)16-18(13,14)17-8/h2,4,6-7,12H,3,9H2,(H,13,14)/t4-,6+,7-,8?/m1/s1. The Kier molecular flexibility index (Phi) is 3.51. The maximum atomic E-state index is 12.1. The minimum atomic E-state index is -4.35. The zero-order chi connectivity index (χ0) is 13.6. The Morgan fingerprint density at radius 2 is 2.28 bits per heavy atom. The highest BCUT2D eigenvalue weighted by atomic mass is 31.2. The van der Waals surface area contributed by atoms with E-state index in [0.717, 1.165) is 6.08 Å². The van der Waals surface area contributed by atoms with Crippen molar-refractivity contribution in [3.05, 3.63) is 17.9 Å². The molecule has 0 aromatic carbocycles. The van der Waals surface area contributed by atoms with Crippen LogP contribution in [0.25, 0.3) is 0 Å². The third-order valence-corrected chi connectivity index (χ3v) is 3.94. The summed E-state index contributed by atoms with van der Waals surface area (Å²) in [4.78, 5) is 9.29. The molecule has 10 heteroatoms.